The first kappa shape index (κ1) is 14.3. The summed E-state index contributed by atoms with van der Waals surface area (Å²) in [4.78, 5) is 0. The van der Waals surface area contributed by atoms with Crippen LogP contribution < -0.4 is 0 Å². The predicted octanol–water partition coefficient (Wildman–Crippen LogP) is 4.78. The molecule has 0 spiro atoms. The third kappa shape index (κ3) is 4.60. The molecule has 1 aromatic rings. The summed E-state index contributed by atoms with van der Waals surface area (Å²) in [7, 11) is 0. The molecule has 0 aliphatic heterocycles. The quantitative estimate of drug-likeness (QED) is 0.341. The molecule has 0 fully saturated rings. The third-order valence-corrected chi connectivity index (χ3v) is 2.51. The molecule has 1 rings (SSSR count). The highest BCUT2D eigenvalue weighted by Gasteiger charge is 2.00. The van der Waals surface area contributed by atoms with Gasteiger partial charge in [-0.25, -0.2) is 0 Å². The second-order valence-corrected chi connectivity index (χ2v) is 4.48. The maximum atomic E-state index is 9.74. The molecule has 0 saturated heterocycles. The van der Waals surface area contributed by atoms with Gasteiger partial charge in [-0.3, -0.25) is 0 Å². The molecular weight excluding hydrogens is 246 g/mol. The number of rotatable bonds is 5. The lowest BCUT2D eigenvalue weighted by Crippen LogP contribution is -1.87. The molecule has 0 bridgehead atoms. The molecule has 0 aliphatic carbocycles. The van der Waals surface area contributed by atoms with Gasteiger partial charge in [0.1, 0.15) is 5.76 Å². The zero-order valence-corrected chi connectivity index (χ0v) is 11.0. The van der Waals surface area contributed by atoms with E-state index in [1.807, 2.05) is 19.1 Å². The van der Waals surface area contributed by atoms with E-state index in [1.54, 1.807) is 24.3 Å². The normalized spacial score (nSPS) is 12.3. The fraction of sp³-hybridized carbons (Fsp3) is 0.133. The van der Waals surface area contributed by atoms with Gasteiger partial charge < -0.3 is 10.5 Å². The minimum absolute atomic E-state index is 0.122. The Bertz CT molecular complexity index is 515. The number of benzene rings is 1. The largest absolute Gasteiger partial charge is 0.508 e. The van der Waals surface area contributed by atoms with Crippen LogP contribution in [-0.2, 0) is 0 Å². The van der Waals surface area contributed by atoms with Crippen molar-refractivity contribution in [3.8, 4) is 0 Å². The summed E-state index contributed by atoms with van der Waals surface area (Å²) in [5.74, 6) is 0.122. The summed E-state index contributed by atoms with van der Waals surface area (Å²) in [6, 6.07) is 7.17. The van der Waals surface area contributed by atoms with Crippen LogP contribution in [-0.4, -0.2) is 11.3 Å². The lowest BCUT2D eigenvalue weighted by atomic mass is 10.1. The molecule has 18 heavy (non-hydrogen) atoms. The van der Waals surface area contributed by atoms with E-state index in [1.165, 1.54) is 6.21 Å². The topological polar surface area (TPSA) is 44.1 Å². The number of aliphatic hydroxyl groups is 1. The Morgan fingerprint density at radius 2 is 2.22 bits per heavy atom. The SMILES string of the molecule is C=C(C)C/C=C(O)/C=C(\C=N)c1cccc(Cl)c1. The van der Waals surface area contributed by atoms with Gasteiger partial charge in [0.25, 0.3) is 0 Å². The Morgan fingerprint density at radius 1 is 1.50 bits per heavy atom. The zero-order chi connectivity index (χ0) is 13.5. The van der Waals surface area contributed by atoms with Crippen molar-refractivity contribution in [2.24, 2.45) is 0 Å². The van der Waals surface area contributed by atoms with Gasteiger partial charge >= 0.3 is 0 Å². The molecule has 94 valence electrons. The molecule has 0 radical (unpaired) electrons. The summed E-state index contributed by atoms with van der Waals surface area (Å²) >= 11 is 5.89. The highest BCUT2D eigenvalue weighted by molar-refractivity contribution is 6.31. The Kier molecular flexibility index (Phi) is 5.40. The van der Waals surface area contributed by atoms with Gasteiger partial charge in [-0.1, -0.05) is 35.9 Å². The molecule has 1 aromatic carbocycles. The van der Waals surface area contributed by atoms with E-state index in [0.29, 0.717) is 17.0 Å². The van der Waals surface area contributed by atoms with Gasteiger partial charge in [0.2, 0.25) is 0 Å². The summed E-state index contributed by atoms with van der Waals surface area (Å²) in [6.07, 6.45) is 5.01. The molecule has 0 amide bonds. The Hall–Kier alpha value is -1.80. The number of allylic oxidation sites excluding steroid dienone is 4. The second kappa shape index (κ2) is 6.82. The van der Waals surface area contributed by atoms with Crippen molar-refractivity contribution < 1.29 is 5.11 Å². The van der Waals surface area contributed by atoms with Crippen LogP contribution in [0.15, 0.2) is 54.3 Å². The molecule has 2 N–H and O–H groups in total. The van der Waals surface area contributed by atoms with Gasteiger partial charge in [0, 0.05) is 16.8 Å². The monoisotopic (exact) mass is 261 g/mol. The summed E-state index contributed by atoms with van der Waals surface area (Å²) < 4.78 is 0. The first-order valence-corrected chi connectivity index (χ1v) is 5.92. The first-order chi connectivity index (χ1) is 8.52. The predicted molar refractivity (Wildman–Crippen MR) is 78.4 cm³/mol. The van der Waals surface area contributed by atoms with Crippen LogP contribution in [0, 0.1) is 5.41 Å². The number of hydrogen-bond acceptors (Lipinski definition) is 2. The lowest BCUT2D eigenvalue weighted by Gasteiger charge is -2.02. The smallest absolute Gasteiger partial charge is 0.112 e. The van der Waals surface area contributed by atoms with Crippen LogP contribution in [0.1, 0.15) is 18.9 Å². The highest BCUT2D eigenvalue weighted by Crippen LogP contribution is 2.18. The van der Waals surface area contributed by atoms with Crippen molar-refractivity contribution in [2.45, 2.75) is 13.3 Å². The van der Waals surface area contributed by atoms with Crippen molar-refractivity contribution in [3.05, 3.63) is 64.9 Å². The molecule has 0 heterocycles. The fourth-order valence-corrected chi connectivity index (χ4v) is 1.56. The van der Waals surface area contributed by atoms with Gasteiger partial charge in [-0.15, -0.1) is 0 Å². The van der Waals surface area contributed by atoms with Crippen LogP contribution in [0.2, 0.25) is 5.02 Å². The Labute approximate surface area is 112 Å². The van der Waals surface area contributed by atoms with E-state index in [9.17, 15) is 5.11 Å². The molecule has 0 unspecified atom stereocenters. The van der Waals surface area contributed by atoms with E-state index in [4.69, 9.17) is 17.0 Å². The number of halogens is 1. The van der Waals surface area contributed by atoms with E-state index >= 15 is 0 Å². The number of hydrogen-bond donors (Lipinski definition) is 2. The van der Waals surface area contributed by atoms with Gasteiger partial charge in [-0.05, 0) is 43.2 Å². The van der Waals surface area contributed by atoms with Crippen LogP contribution in [0.3, 0.4) is 0 Å². The van der Waals surface area contributed by atoms with Gasteiger partial charge in [-0.2, -0.15) is 0 Å². The number of nitrogens with one attached hydrogen (secondary N) is 1. The summed E-state index contributed by atoms with van der Waals surface area (Å²) in [5, 5.41) is 17.7. The molecular formula is C15H16ClNO. The third-order valence-electron chi connectivity index (χ3n) is 2.28. The lowest BCUT2D eigenvalue weighted by molar-refractivity contribution is 0.430. The van der Waals surface area contributed by atoms with Crippen molar-refractivity contribution in [2.75, 3.05) is 0 Å². The van der Waals surface area contributed by atoms with E-state index in [-0.39, 0.29) is 5.76 Å². The van der Waals surface area contributed by atoms with Crippen LogP contribution in [0.5, 0.6) is 0 Å². The molecule has 3 heteroatoms. The molecule has 0 saturated carbocycles. The number of aliphatic hydroxyl groups excluding tert-OH is 1. The van der Waals surface area contributed by atoms with Crippen molar-refractivity contribution >= 4 is 23.4 Å². The van der Waals surface area contributed by atoms with Gasteiger partial charge in [0.05, 0.1) is 0 Å². The van der Waals surface area contributed by atoms with Crippen molar-refractivity contribution in [3.63, 3.8) is 0 Å². The summed E-state index contributed by atoms with van der Waals surface area (Å²) in [5.41, 5.74) is 2.37. The molecule has 2 nitrogen and oxygen atoms in total. The molecule has 0 aromatic heterocycles. The minimum Gasteiger partial charge on any atom is -0.508 e. The Morgan fingerprint density at radius 3 is 2.78 bits per heavy atom. The van der Waals surface area contributed by atoms with E-state index in [0.717, 1.165) is 11.1 Å². The second-order valence-electron chi connectivity index (χ2n) is 4.04. The maximum absolute atomic E-state index is 9.74. The van der Waals surface area contributed by atoms with E-state index in [2.05, 4.69) is 6.58 Å². The molecule has 0 atom stereocenters. The Balaban J connectivity index is 2.99. The van der Waals surface area contributed by atoms with Crippen molar-refractivity contribution in [1.82, 2.24) is 0 Å². The van der Waals surface area contributed by atoms with Crippen LogP contribution in [0.25, 0.3) is 5.57 Å². The minimum atomic E-state index is 0.122. The average molecular weight is 262 g/mol. The summed E-state index contributed by atoms with van der Waals surface area (Å²) in [6.45, 7) is 5.65. The molecule has 0 aliphatic rings. The average Bonchev–Trinajstić information content (AvgIpc) is 2.33. The fourth-order valence-electron chi connectivity index (χ4n) is 1.37. The maximum Gasteiger partial charge on any atom is 0.112 e. The zero-order valence-electron chi connectivity index (χ0n) is 10.3. The standard InChI is InChI=1S/C15H16ClNO/c1-11(2)6-7-15(18)9-13(10-17)12-4-3-5-14(16)8-12/h3-5,7-10,17-18H,1,6H2,2H3/b13-9+,15-7-,17-10?. The van der Waals surface area contributed by atoms with E-state index < -0.39 is 0 Å². The van der Waals surface area contributed by atoms with Crippen molar-refractivity contribution in [1.29, 1.82) is 5.41 Å². The van der Waals surface area contributed by atoms with Crippen LogP contribution in [0.4, 0.5) is 0 Å². The highest BCUT2D eigenvalue weighted by atomic mass is 35.5. The van der Waals surface area contributed by atoms with Crippen LogP contribution >= 0.6 is 11.6 Å². The first-order valence-electron chi connectivity index (χ1n) is 5.54. The van der Waals surface area contributed by atoms with Gasteiger partial charge in [0.15, 0.2) is 0 Å².